The summed E-state index contributed by atoms with van der Waals surface area (Å²) in [6.45, 7) is 1.97. The molecule has 7 nitrogen and oxygen atoms in total. The predicted octanol–water partition coefficient (Wildman–Crippen LogP) is 3.59. The smallest absolute Gasteiger partial charge is 0.338 e. The van der Waals surface area contributed by atoms with Gasteiger partial charge in [-0.3, -0.25) is 9.36 Å². The number of aromatic nitrogens is 1. The first-order chi connectivity index (χ1) is 17.5. The lowest BCUT2D eigenvalue weighted by atomic mass is 9.93. The van der Waals surface area contributed by atoms with E-state index in [1.54, 1.807) is 17.6 Å². The summed E-state index contributed by atoms with van der Waals surface area (Å²) in [4.78, 5) is 34.3. The normalized spacial score (nSPS) is 15.4. The molecule has 0 N–H and O–H groups in total. The molecule has 2 aromatic carbocycles. The minimum atomic E-state index is -0.687. The number of anilines is 1. The molecule has 0 saturated heterocycles. The number of furan rings is 1. The molecule has 5 rings (SSSR count). The Bertz CT molecular complexity index is 1610. The molecule has 0 spiro atoms. The summed E-state index contributed by atoms with van der Waals surface area (Å²) < 4.78 is 13.4. The van der Waals surface area contributed by atoms with Crippen LogP contribution in [0.5, 0.6) is 0 Å². The second-order valence-corrected chi connectivity index (χ2v) is 9.42. The van der Waals surface area contributed by atoms with Gasteiger partial charge in [-0.05, 0) is 18.6 Å². The van der Waals surface area contributed by atoms with Crippen molar-refractivity contribution in [3.05, 3.63) is 115 Å². The minimum Gasteiger partial charge on any atom is -0.463 e. The summed E-state index contributed by atoms with van der Waals surface area (Å²) in [6.07, 6.45) is 1.72. The second kappa shape index (κ2) is 9.83. The number of esters is 1. The van der Waals surface area contributed by atoms with Crippen LogP contribution in [-0.2, 0) is 9.53 Å². The largest absolute Gasteiger partial charge is 0.463 e. The Morgan fingerprint density at radius 1 is 1.08 bits per heavy atom. The van der Waals surface area contributed by atoms with Crippen molar-refractivity contribution in [3.8, 4) is 0 Å². The summed E-state index contributed by atoms with van der Waals surface area (Å²) in [5, 5.41) is 0. The number of nitrogens with zero attached hydrogens (tertiary/aromatic N) is 3. The van der Waals surface area contributed by atoms with Gasteiger partial charge >= 0.3 is 5.97 Å². The van der Waals surface area contributed by atoms with E-state index in [9.17, 15) is 9.59 Å². The van der Waals surface area contributed by atoms with Crippen LogP contribution >= 0.6 is 11.3 Å². The van der Waals surface area contributed by atoms with Gasteiger partial charge < -0.3 is 14.1 Å². The molecular formula is C28H25N3O4S. The van der Waals surface area contributed by atoms with Crippen LogP contribution in [0.3, 0.4) is 0 Å². The zero-order valence-corrected chi connectivity index (χ0v) is 21.0. The molecule has 0 bridgehead atoms. The monoisotopic (exact) mass is 499 g/mol. The highest BCUT2D eigenvalue weighted by Gasteiger charge is 2.35. The standard InChI is InChI=1S/C28H25N3O4S/c1-4-34-27(33)23-24(18-11-7-5-8-12-18)29-28-31(25(23)19-13-9-6-10-14-19)26(32)21(36-28)17-20-15-16-22(35-20)30(2)3/h5-17,25H,4H2,1-3H3/b21-17-/t25-/m1/s1. The number of thiazole rings is 1. The first-order valence-electron chi connectivity index (χ1n) is 11.6. The Labute approximate surface area is 211 Å². The SMILES string of the molecule is CCOC(=O)C1=C(c2ccccc2)N=c2s/c(=C\c3ccc(N(C)C)o3)c(=O)n2[C@@H]1c1ccccc1. The molecule has 1 aliphatic rings. The third-order valence-electron chi connectivity index (χ3n) is 5.82. The molecule has 0 unspecified atom stereocenters. The molecule has 4 aromatic rings. The summed E-state index contributed by atoms with van der Waals surface area (Å²) in [5.74, 6) is 0.755. The van der Waals surface area contributed by atoms with Gasteiger partial charge in [0, 0.05) is 31.8 Å². The van der Waals surface area contributed by atoms with Crippen LogP contribution in [-0.4, -0.2) is 31.2 Å². The van der Waals surface area contributed by atoms with E-state index in [-0.39, 0.29) is 12.2 Å². The average Bonchev–Trinajstić information content (AvgIpc) is 3.49. The number of hydrogen-bond donors (Lipinski definition) is 0. The fourth-order valence-corrected chi connectivity index (χ4v) is 5.16. The zero-order chi connectivity index (χ0) is 25.2. The fourth-order valence-electron chi connectivity index (χ4n) is 4.18. The van der Waals surface area contributed by atoms with E-state index in [0.717, 1.165) is 11.1 Å². The van der Waals surface area contributed by atoms with Gasteiger partial charge in [-0.2, -0.15) is 0 Å². The van der Waals surface area contributed by atoms with Crippen molar-refractivity contribution >= 4 is 35.0 Å². The van der Waals surface area contributed by atoms with Gasteiger partial charge in [0.1, 0.15) is 5.76 Å². The number of hydrogen-bond acceptors (Lipinski definition) is 7. The topological polar surface area (TPSA) is 77.0 Å². The van der Waals surface area contributed by atoms with Crippen molar-refractivity contribution in [2.75, 3.05) is 25.6 Å². The lowest BCUT2D eigenvalue weighted by molar-refractivity contribution is -0.138. The van der Waals surface area contributed by atoms with Crippen LogP contribution in [0.15, 0.2) is 92.6 Å². The van der Waals surface area contributed by atoms with Crippen LogP contribution in [0.1, 0.15) is 29.9 Å². The van der Waals surface area contributed by atoms with E-state index in [1.807, 2.05) is 91.8 Å². The van der Waals surface area contributed by atoms with Crippen LogP contribution in [0.2, 0.25) is 0 Å². The molecule has 1 atom stereocenters. The van der Waals surface area contributed by atoms with E-state index >= 15 is 0 Å². The molecule has 0 radical (unpaired) electrons. The van der Waals surface area contributed by atoms with Crippen LogP contribution in [0, 0.1) is 0 Å². The summed E-state index contributed by atoms with van der Waals surface area (Å²) in [6, 6.07) is 22.0. The Hall–Kier alpha value is -4.17. The van der Waals surface area contributed by atoms with Crippen molar-refractivity contribution in [2.45, 2.75) is 13.0 Å². The van der Waals surface area contributed by atoms with Crippen LogP contribution in [0.25, 0.3) is 11.8 Å². The Morgan fingerprint density at radius 3 is 2.42 bits per heavy atom. The predicted molar refractivity (Wildman–Crippen MR) is 141 cm³/mol. The summed E-state index contributed by atoms with van der Waals surface area (Å²) >= 11 is 1.27. The number of carbonyl (C=O) groups is 1. The highest BCUT2D eigenvalue weighted by molar-refractivity contribution is 7.07. The van der Waals surface area contributed by atoms with E-state index in [4.69, 9.17) is 14.1 Å². The van der Waals surface area contributed by atoms with Crippen molar-refractivity contribution in [3.63, 3.8) is 0 Å². The van der Waals surface area contributed by atoms with Gasteiger partial charge in [0.05, 0.1) is 28.5 Å². The van der Waals surface area contributed by atoms with Gasteiger partial charge in [-0.15, -0.1) is 0 Å². The maximum Gasteiger partial charge on any atom is 0.338 e. The van der Waals surface area contributed by atoms with Crippen molar-refractivity contribution < 1.29 is 13.9 Å². The molecule has 3 heterocycles. The highest BCUT2D eigenvalue weighted by Crippen LogP contribution is 2.35. The second-order valence-electron chi connectivity index (χ2n) is 8.41. The van der Waals surface area contributed by atoms with Gasteiger partial charge in [-0.25, -0.2) is 9.79 Å². The summed E-state index contributed by atoms with van der Waals surface area (Å²) in [5.41, 5.74) is 2.17. The maximum absolute atomic E-state index is 13.8. The van der Waals surface area contributed by atoms with Crippen LogP contribution < -0.4 is 19.8 Å². The molecular weight excluding hydrogens is 474 g/mol. The first kappa shape index (κ1) is 23.6. The van der Waals surface area contributed by atoms with Gasteiger partial charge in [-0.1, -0.05) is 72.0 Å². The maximum atomic E-state index is 13.8. The third-order valence-corrected chi connectivity index (χ3v) is 6.80. The molecule has 0 aliphatic carbocycles. The fraction of sp³-hybridized carbons (Fsp3) is 0.179. The molecule has 8 heteroatoms. The molecule has 0 amide bonds. The van der Waals surface area contributed by atoms with E-state index in [2.05, 4.69) is 0 Å². The number of rotatable bonds is 6. The van der Waals surface area contributed by atoms with Crippen molar-refractivity contribution in [1.29, 1.82) is 0 Å². The Kier molecular flexibility index (Phi) is 6.43. The van der Waals surface area contributed by atoms with E-state index < -0.39 is 12.0 Å². The number of fused-ring (bicyclic) bond motifs is 1. The molecule has 36 heavy (non-hydrogen) atoms. The lowest BCUT2D eigenvalue weighted by Crippen LogP contribution is -2.39. The lowest BCUT2D eigenvalue weighted by Gasteiger charge is -2.25. The molecule has 0 fully saturated rings. The summed E-state index contributed by atoms with van der Waals surface area (Å²) in [7, 11) is 3.77. The molecule has 2 aromatic heterocycles. The highest BCUT2D eigenvalue weighted by atomic mass is 32.1. The van der Waals surface area contributed by atoms with Gasteiger partial charge in [0.2, 0.25) is 0 Å². The third kappa shape index (κ3) is 4.31. The van der Waals surface area contributed by atoms with Crippen molar-refractivity contribution in [1.82, 2.24) is 4.57 Å². The number of ether oxygens (including phenoxy) is 1. The minimum absolute atomic E-state index is 0.211. The first-order valence-corrected chi connectivity index (χ1v) is 12.4. The molecule has 1 aliphatic heterocycles. The molecule has 0 saturated carbocycles. The molecule has 182 valence electrons. The van der Waals surface area contributed by atoms with Crippen molar-refractivity contribution in [2.24, 2.45) is 4.99 Å². The number of benzene rings is 2. The van der Waals surface area contributed by atoms with Gasteiger partial charge in [0.15, 0.2) is 10.7 Å². The van der Waals surface area contributed by atoms with E-state index in [1.165, 1.54) is 11.3 Å². The Balaban J connectivity index is 1.79. The van der Waals surface area contributed by atoms with Gasteiger partial charge in [0.25, 0.3) is 5.56 Å². The van der Waals surface area contributed by atoms with Crippen LogP contribution in [0.4, 0.5) is 5.88 Å². The quantitative estimate of drug-likeness (QED) is 0.379. The average molecular weight is 500 g/mol. The Morgan fingerprint density at radius 2 is 1.78 bits per heavy atom. The zero-order valence-electron chi connectivity index (χ0n) is 20.2. The number of carbonyl (C=O) groups excluding carboxylic acids is 1. The van der Waals surface area contributed by atoms with E-state index in [0.29, 0.717) is 32.2 Å².